The molecule has 0 unspecified atom stereocenters. The van der Waals surface area contributed by atoms with Crippen LogP contribution in [-0.4, -0.2) is 55.2 Å². The number of hydrogen-bond acceptors (Lipinski definition) is 4. The second-order valence-electron chi connectivity index (χ2n) is 5.13. The summed E-state index contributed by atoms with van der Waals surface area (Å²) in [6.07, 6.45) is 2.27. The minimum absolute atomic E-state index is 0.769. The zero-order valence-corrected chi connectivity index (χ0v) is 20.2. The van der Waals surface area contributed by atoms with Crippen LogP contribution < -0.4 is 0 Å². The Hall–Kier alpha value is 1.23. The molecule has 0 spiro atoms. The first-order valence-corrected chi connectivity index (χ1v) is 15.2. The third kappa shape index (κ3) is 13.7. The second-order valence-corrected chi connectivity index (χ2v) is 13.6. The van der Waals surface area contributed by atoms with Gasteiger partial charge in [0.25, 0.3) is 0 Å². The fourth-order valence-corrected chi connectivity index (χ4v) is 7.26. The smallest absolute Gasteiger partial charge is 0.334 e. The molecule has 0 saturated heterocycles. The molecular formula is C14H34Br2O4Si2. The lowest BCUT2D eigenvalue weighted by Crippen LogP contribution is -2.38. The molecular weight excluding hydrogens is 448 g/mol. The second kappa shape index (κ2) is 15.7. The van der Waals surface area contributed by atoms with Gasteiger partial charge in [0.2, 0.25) is 0 Å². The molecule has 0 aromatic carbocycles. The maximum absolute atomic E-state index is 5.67. The first-order chi connectivity index (χ1) is 10.4. The van der Waals surface area contributed by atoms with Crippen molar-refractivity contribution in [3.8, 4) is 0 Å². The minimum Gasteiger partial charge on any atom is -0.398 e. The molecule has 0 aliphatic heterocycles. The third-order valence-corrected chi connectivity index (χ3v) is 10.5. The summed E-state index contributed by atoms with van der Waals surface area (Å²) in [6, 6.07) is 2.14. The molecule has 0 saturated carbocycles. The molecule has 0 aliphatic rings. The van der Waals surface area contributed by atoms with Gasteiger partial charge in [0.05, 0.1) is 0 Å². The van der Waals surface area contributed by atoms with Crippen molar-refractivity contribution in [3.63, 3.8) is 0 Å². The van der Waals surface area contributed by atoms with E-state index in [0.29, 0.717) is 0 Å². The van der Waals surface area contributed by atoms with E-state index in [1.165, 1.54) is 0 Å². The number of hydrogen-bond donors (Lipinski definition) is 0. The number of alkyl halides is 2. The van der Waals surface area contributed by atoms with Gasteiger partial charge in [0.1, 0.15) is 0 Å². The zero-order valence-electron chi connectivity index (χ0n) is 15.0. The van der Waals surface area contributed by atoms with Crippen molar-refractivity contribution in [3.05, 3.63) is 0 Å². The molecule has 0 aromatic heterocycles. The summed E-state index contributed by atoms with van der Waals surface area (Å²) in [5, 5.41) is 2.07. The molecule has 0 radical (unpaired) electrons. The van der Waals surface area contributed by atoms with Crippen LogP contribution in [0.25, 0.3) is 0 Å². The van der Waals surface area contributed by atoms with Crippen molar-refractivity contribution in [1.29, 1.82) is 0 Å². The minimum atomic E-state index is -1.80. The summed E-state index contributed by atoms with van der Waals surface area (Å²) in [4.78, 5) is 0. The normalized spacial score (nSPS) is 12.0. The molecule has 136 valence electrons. The highest BCUT2D eigenvalue weighted by atomic mass is 79.9. The molecule has 0 bridgehead atoms. The summed E-state index contributed by atoms with van der Waals surface area (Å²) in [5.41, 5.74) is 0. The molecule has 22 heavy (non-hydrogen) atoms. The van der Waals surface area contributed by atoms with Gasteiger partial charge < -0.3 is 17.7 Å². The molecule has 0 aromatic rings. The number of rotatable bonds is 12. The van der Waals surface area contributed by atoms with Gasteiger partial charge in [-0.2, -0.15) is 0 Å². The van der Waals surface area contributed by atoms with Crippen molar-refractivity contribution >= 4 is 49.0 Å². The fraction of sp³-hybridized carbons (Fsp3) is 1.00. The van der Waals surface area contributed by atoms with Crippen LogP contribution in [0.5, 0.6) is 0 Å². The molecule has 0 amide bonds. The van der Waals surface area contributed by atoms with Crippen LogP contribution in [0.2, 0.25) is 25.2 Å². The van der Waals surface area contributed by atoms with E-state index in [1.54, 1.807) is 14.2 Å². The van der Waals surface area contributed by atoms with Crippen molar-refractivity contribution in [2.45, 2.75) is 51.9 Å². The molecule has 0 aliphatic carbocycles. The largest absolute Gasteiger partial charge is 0.398 e. The lowest BCUT2D eigenvalue weighted by Gasteiger charge is -2.25. The van der Waals surface area contributed by atoms with E-state index in [9.17, 15) is 0 Å². The molecule has 0 atom stereocenters. The Morgan fingerprint density at radius 1 is 0.727 bits per heavy atom. The molecule has 0 rings (SSSR count). The molecule has 4 nitrogen and oxygen atoms in total. The van der Waals surface area contributed by atoms with E-state index in [-0.39, 0.29) is 0 Å². The predicted molar refractivity (Wildman–Crippen MR) is 107 cm³/mol. The van der Waals surface area contributed by atoms with E-state index >= 15 is 0 Å². The van der Waals surface area contributed by atoms with Gasteiger partial charge in [-0.3, -0.25) is 0 Å². The van der Waals surface area contributed by atoms with Crippen LogP contribution in [0.1, 0.15) is 26.7 Å². The monoisotopic (exact) mass is 480 g/mol. The Morgan fingerprint density at radius 2 is 1.09 bits per heavy atom. The van der Waals surface area contributed by atoms with Crippen LogP contribution in [0.15, 0.2) is 0 Å². The maximum Gasteiger partial charge on any atom is 0.334 e. The van der Waals surface area contributed by atoms with E-state index in [1.807, 2.05) is 13.8 Å². The van der Waals surface area contributed by atoms with Crippen LogP contribution >= 0.6 is 31.9 Å². The van der Waals surface area contributed by atoms with Crippen molar-refractivity contribution in [2.24, 2.45) is 0 Å². The van der Waals surface area contributed by atoms with Gasteiger partial charge in [0.15, 0.2) is 0 Å². The Bertz CT molecular complexity index is 239. The van der Waals surface area contributed by atoms with Crippen LogP contribution in [0.4, 0.5) is 0 Å². The Morgan fingerprint density at radius 3 is 1.36 bits per heavy atom. The Balaban J connectivity index is 0. The van der Waals surface area contributed by atoms with Gasteiger partial charge in [-0.25, -0.2) is 0 Å². The van der Waals surface area contributed by atoms with Gasteiger partial charge in [-0.05, 0) is 51.9 Å². The average molecular weight is 482 g/mol. The topological polar surface area (TPSA) is 36.9 Å². The predicted octanol–water partition coefficient (Wildman–Crippen LogP) is 5.05. The van der Waals surface area contributed by atoms with Crippen molar-refractivity contribution in [2.75, 3.05) is 38.1 Å². The number of halogens is 2. The lowest BCUT2D eigenvalue weighted by atomic mass is 10.6. The summed E-state index contributed by atoms with van der Waals surface area (Å²) in [7, 11) is -0.0964. The van der Waals surface area contributed by atoms with Crippen LogP contribution in [0, 0.1) is 0 Å². The highest BCUT2D eigenvalue weighted by Crippen LogP contribution is 2.16. The van der Waals surface area contributed by atoms with Crippen LogP contribution in [-0.2, 0) is 17.7 Å². The van der Waals surface area contributed by atoms with Gasteiger partial charge in [0, 0.05) is 38.1 Å². The summed E-state index contributed by atoms with van der Waals surface area (Å²) >= 11 is 6.79. The first-order valence-electron chi connectivity index (χ1n) is 7.87. The highest BCUT2D eigenvalue weighted by molar-refractivity contribution is 9.09. The molecule has 8 heteroatoms. The van der Waals surface area contributed by atoms with E-state index < -0.39 is 17.1 Å². The molecule has 0 heterocycles. The van der Waals surface area contributed by atoms with E-state index in [0.717, 1.165) is 48.8 Å². The Labute approximate surface area is 156 Å². The van der Waals surface area contributed by atoms with E-state index in [2.05, 4.69) is 45.0 Å². The summed E-state index contributed by atoms with van der Waals surface area (Å²) in [6.45, 7) is 9.81. The van der Waals surface area contributed by atoms with Crippen LogP contribution in [0.3, 0.4) is 0 Å². The average Bonchev–Trinajstić information content (AvgIpc) is 2.52. The van der Waals surface area contributed by atoms with E-state index in [4.69, 9.17) is 17.7 Å². The zero-order chi connectivity index (χ0) is 17.5. The third-order valence-electron chi connectivity index (χ3n) is 3.29. The van der Waals surface area contributed by atoms with Crippen molar-refractivity contribution in [1.82, 2.24) is 0 Å². The lowest BCUT2D eigenvalue weighted by molar-refractivity contribution is 0.189. The SMILES string of the molecule is CCO[Si](C)(CCCBr)OCC.CO[Si](C)(CCCBr)OC. The van der Waals surface area contributed by atoms with Gasteiger partial charge in [-0.1, -0.05) is 31.9 Å². The highest BCUT2D eigenvalue weighted by Gasteiger charge is 2.29. The Kier molecular flexibility index (Phi) is 18.2. The fourth-order valence-electron chi connectivity index (χ4n) is 1.86. The van der Waals surface area contributed by atoms with Gasteiger partial charge >= 0.3 is 17.1 Å². The van der Waals surface area contributed by atoms with Gasteiger partial charge in [-0.15, -0.1) is 0 Å². The summed E-state index contributed by atoms with van der Waals surface area (Å²) < 4.78 is 21.9. The van der Waals surface area contributed by atoms with Crippen molar-refractivity contribution < 1.29 is 17.7 Å². The first kappa shape index (κ1) is 25.5. The summed E-state index contributed by atoms with van der Waals surface area (Å²) in [5.74, 6) is 0. The maximum atomic E-state index is 5.67. The quantitative estimate of drug-likeness (QED) is 0.288. The standard InChI is InChI=1S/C8H19BrO2Si.C6H15BrO2Si/c1-4-10-12(3,11-5-2)8-6-7-9;1-8-10(3,9-2)6-4-5-7/h4-8H2,1-3H3;4-6H2,1-3H3. The molecule has 0 N–H and O–H groups in total. The molecule has 0 fully saturated rings.